The number of halogens is 3. The lowest BCUT2D eigenvalue weighted by molar-refractivity contribution is -0.138. The first-order valence-electron chi connectivity index (χ1n) is 7.69. The highest BCUT2D eigenvalue weighted by molar-refractivity contribution is 9.09. The number of esters is 1. The van der Waals surface area contributed by atoms with Crippen molar-refractivity contribution in [2.45, 2.75) is 13.0 Å². The van der Waals surface area contributed by atoms with E-state index < -0.39 is 12.0 Å². The van der Waals surface area contributed by atoms with Crippen molar-refractivity contribution in [2.24, 2.45) is 4.99 Å². The van der Waals surface area contributed by atoms with Gasteiger partial charge in [-0.15, -0.1) is 11.3 Å². The molecule has 2 heterocycles. The SMILES string of the molecule is CCOC(=O)C1=C(CBr)NC(c2cscn2)=NC1c1ccc(Cl)cc1Cl. The van der Waals surface area contributed by atoms with Gasteiger partial charge in [0.2, 0.25) is 0 Å². The monoisotopic (exact) mass is 473 g/mol. The molecule has 1 unspecified atom stereocenters. The summed E-state index contributed by atoms with van der Waals surface area (Å²) in [4.78, 5) is 21.6. The number of aliphatic imine (C=N–C) groups is 1. The minimum absolute atomic E-state index is 0.266. The number of benzene rings is 1. The van der Waals surface area contributed by atoms with Crippen LogP contribution in [0, 0.1) is 0 Å². The minimum atomic E-state index is -0.621. The van der Waals surface area contributed by atoms with Gasteiger partial charge in [-0.25, -0.2) is 9.78 Å². The first kappa shape index (κ1) is 19.4. The Morgan fingerprint density at radius 2 is 2.23 bits per heavy atom. The van der Waals surface area contributed by atoms with E-state index in [2.05, 4.69) is 26.2 Å². The summed E-state index contributed by atoms with van der Waals surface area (Å²) in [7, 11) is 0. The van der Waals surface area contributed by atoms with E-state index in [1.54, 1.807) is 30.6 Å². The van der Waals surface area contributed by atoms with E-state index >= 15 is 0 Å². The molecule has 1 aliphatic rings. The molecule has 0 radical (unpaired) electrons. The summed E-state index contributed by atoms with van der Waals surface area (Å²) < 4.78 is 5.25. The first-order chi connectivity index (χ1) is 12.5. The van der Waals surface area contributed by atoms with E-state index in [0.717, 1.165) is 0 Å². The van der Waals surface area contributed by atoms with Crippen molar-refractivity contribution in [3.8, 4) is 0 Å². The van der Waals surface area contributed by atoms with Crippen LogP contribution in [-0.2, 0) is 9.53 Å². The van der Waals surface area contributed by atoms with Crippen molar-refractivity contribution in [2.75, 3.05) is 11.9 Å². The highest BCUT2D eigenvalue weighted by Crippen LogP contribution is 2.37. The van der Waals surface area contributed by atoms with Crippen LogP contribution in [-0.4, -0.2) is 28.7 Å². The van der Waals surface area contributed by atoms with Crippen LogP contribution < -0.4 is 5.32 Å². The summed E-state index contributed by atoms with van der Waals surface area (Å²) >= 11 is 17.3. The van der Waals surface area contributed by atoms with Gasteiger partial charge in [0, 0.05) is 32.0 Å². The second-order valence-corrected chi connectivity index (χ2v) is 7.41. The standard InChI is InChI=1S/C17H14BrCl2N3O2S/c1-2-25-17(24)14-12(6-18)22-16(13-7-26-8-21-13)23-15(14)10-4-3-9(19)5-11(10)20/h3-5,7-8,15H,2,6H2,1H3,(H,22,23). The number of ether oxygens (including phenoxy) is 1. The molecule has 1 aliphatic heterocycles. The fourth-order valence-corrected chi connectivity index (χ4v) is 4.05. The maximum Gasteiger partial charge on any atom is 0.338 e. The number of alkyl halides is 1. The topological polar surface area (TPSA) is 63.6 Å². The number of aromatic nitrogens is 1. The third-order valence-corrected chi connectivity index (χ3v) is 5.40. The molecule has 1 N–H and O–H groups in total. The van der Waals surface area contributed by atoms with Gasteiger partial charge >= 0.3 is 5.97 Å². The maximum atomic E-state index is 12.6. The second kappa shape index (κ2) is 8.52. The lowest BCUT2D eigenvalue weighted by atomic mass is 9.95. The summed E-state index contributed by atoms with van der Waals surface area (Å²) in [6.07, 6.45) is 0. The molecule has 0 saturated carbocycles. The van der Waals surface area contributed by atoms with E-state index in [-0.39, 0.29) is 6.61 Å². The maximum absolute atomic E-state index is 12.6. The minimum Gasteiger partial charge on any atom is -0.463 e. The predicted molar refractivity (Wildman–Crippen MR) is 108 cm³/mol. The number of allylic oxidation sites excluding steroid dienone is 1. The molecule has 5 nitrogen and oxygen atoms in total. The Kier molecular flexibility index (Phi) is 6.34. The van der Waals surface area contributed by atoms with Crippen molar-refractivity contribution in [3.63, 3.8) is 0 Å². The molecule has 3 rings (SSSR count). The van der Waals surface area contributed by atoms with Crippen molar-refractivity contribution in [1.82, 2.24) is 10.3 Å². The smallest absolute Gasteiger partial charge is 0.338 e. The average Bonchev–Trinajstić information content (AvgIpc) is 3.15. The highest BCUT2D eigenvalue weighted by Gasteiger charge is 2.33. The normalized spacial score (nSPS) is 16.9. The molecule has 0 aliphatic carbocycles. The van der Waals surface area contributed by atoms with Gasteiger partial charge in [0.05, 0.1) is 17.7 Å². The van der Waals surface area contributed by atoms with E-state index in [9.17, 15) is 4.79 Å². The average molecular weight is 475 g/mol. The van der Waals surface area contributed by atoms with Crippen LogP contribution in [0.15, 0.2) is 45.4 Å². The van der Waals surface area contributed by atoms with E-state index in [1.807, 2.05) is 5.38 Å². The summed E-state index contributed by atoms with van der Waals surface area (Å²) in [5, 5.41) is 6.43. The molecule has 136 valence electrons. The molecule has 0 fully saturated rings. The third-order valence-electron chi connectivity index (χ3n) is 3.69. The third kappa shape index (κ3) is 3.96. The van der Waals surface area contributed by atoms with Crippen LogP contribution in [0.2, 0.25) is 10.0 Å². The first-order valence-corrected chi connectivity index (χ1v) is 10.5. The number of hydrogen-bond acceptors (Lipinski definition) is 6. The molecule has 1 atom stereocenters. The van der Waals surface area contributed by atoms with Crippen LogP contribution in [0.5, 0.6) is 0 Å². The van der Waals surface area contributed by atoms with Gasteiger partial charge in [0.25, 0.3) is 0 Å². The van der Waals surface area contributed by atoms with Crippen LogP contribution in [0.4, 0.5) is 0 Å². The molecule has 9 heteroatoms. The fraction of sp³-hybridized carbons (Fsp3) is 0.235. The van der Waals surface area contributed by atoms with Crippen LogP contribution >= 0.6 is 50.5 Å². The van der Waals surface area contributed by atoms with Gasteiger partial charge in [-0.2, -0.15) is 0 Å². The van der Waals surface area contributed by atoms with Gasteiger partial charge in [-0.05, 0) is 19.1 Å². The molecule has 2 aromatic rings. The molecule has 0 spiro atoms. The molecule has 1 aromatic heterocycles. The Morgan fingerprint density at radius 1 is 1.42 bits per heavy atom. The van der Waals surface area contributed by atoms with E-state index in [4.69, 9.17) is 32.9 Å². The summed E-state index contributed by atoms with van der Waals surface area (Å²) in [5.41, 5.74) is 4.17. The van der Waals surface area contributed by atoms with Crippen molar-refractivity contribution >= 4 is 62.3 Å². The lowest BCUT2D eigenvalue weighted by Gasteiger charge is -2.27. The Hall–Kier alpha value is -1.41. The molecule has 26 heavy (non-hydrogen) atoms. The van der Waals surface area contributed by atoms with Crippen LogP contribution in [0.3, 0.4) is 0 Å². The molecule has 0 bridgehead atoms. The van der Waals surface area contributed by atoms with Gasteiger partial charge < -0.3 is 10.1 Å². The fourth-order valence-electron chi connectivity index (χ4n) is 2.56. The number of thiazole rings is 1. The Balaban J connectivity index is 2.15. The zero-order valence-corrected chi connectivity index (χ0v) is 17.5. The number of amidine groups is 1. The Bertz CT molecular complexity index is 884. The van der Waals surface area contributed by atoms with E-state index in [0.29, 0.717) is 43.7 Å². The lowest BCUT2D eigenvalue weighted by Crippen LogP contribution is -2.34. The summed E-state index contributed by atoms with van der Waals surface area (Å²) in [6.45, 7) is 2.03. The predicted octanol–water partition coefficient (Wildman–Crippen LogP) is 4.75. The molecule has 0 amide bonds. The Labute approximate surface area is 173 Å². The van der Waals surface area contributed by atoms with Gasteiger partial charge in [0.1, 0.15) is 11.7 Å². The largest absolute Gasteiger partial charge is 0.463 e. The number of nitrogens with one attached hydrogen (secondary N) is 1. The van der Waals surface area contributed by atoms with Gasteiger partial charge in [0.15, 0.2) is 5.84 Å². The number of carbonyl (C=O) groups excluding carboxylic acids is 1. The molecular weight excluding hydrogens is 461 g/mol. The van der Waals surface area contributed by atoms with Gasteiger partial charge in [-0.3, -0.25) is 4.99 Å². The van der Waals surface area contributed by atoms with Gasteiger partial charge in [-0.1, -0.05) is 45.2 Å². The molecular formula is C17H14BrCl2N3O2S. The molecule has 0 saturated heterocycles. The number of carbonyl (C=O) groups is 1. The second-order valence-electron chi connectivity index (χ2n) is 5.29. The highest BCUT2D eigenvalue weighted by atomic mass is 79.9. The van der Waals surface area contributed by atoms with Crippen LogP contribution in [0.1, 0.15) is 24.2 Å². The van der Waals surface area contributed by atoms with E-state index in [1.165, 1.54) is 11.3 Å². The number of rotatable bonds is 5. The summed E-state index contributed by atoms with van der Waals surface area (Å²) in [6, 6.07) is 4.51. The Morgan fingerprint density at radius 3 is 2.85 bits per heavy atom. The molecule has 1 aromatic carbocycles. The number of nitrogens with zero attached hydrogens (tertiary/aromatic N) is 2. The zero-order chi connectivity index (χ0) is 18.7. The van der Waals surface area contributed by atoms with Crippen molar-refractivity contribution in [1.29, 1.82) is 0 Å². The quantitative estimate of drug-likeness (QED) is 0.501. The zero-order valence-electron chi connectivity index (χ0n) is 13.6. The summed E-state index contributed by atoms with van der Waals surface area (Å²) in [5.74, 6) is 0.135. The van der Waals surface area contributed by atoms with Crippen molar-refractivity contribution < 1.29 is 9.53 Å². The van der Waals surface area contributed by atoms with Crippen LogP contribution in [0.25, 0.3) is 0 Å². The van der Waals surface area contributed by atoms with Crippen molar-refractivity contribution in [3.05, 3.63) is 61.7 Å². The number of hydrogen-bond donors (Lipinski definition) is 1.